The van der Waals surface area contributed by atoms with E-state index < -0.39 is 5.91 Å². The first kappa shape index (κ1) is 13.0. The fraction of sp³-hybridized carbons (Fsp3) is 0. The first-order valence-corrected chi connectivity index (χ1v) is 6.51. The quantitative estimate of drug-likeness (QED) is 0.799. The molecule has 1 amide bonds. The zero-order chi connectivity index (χ0) is 14.7. The Morgan fingerprint density at radius 1 is 0.857 bits per heavy atom. The van der Waals surface area contributed by atoms with E-state index in [9.17, 15) is 4.79 Å². The number of primary amides is 1. The van der Waals surface area contributed by atoms with E-state index in [1.165, 1.54) is 0 Å². The van der Waals surface area contributed by atoms with Gasteiger partial charge >= 0.3 is 0 Å². The van der Waals surface area contributed by atoms with Gasteiger partial charge in [0.25, 0.3) is 0 Å². The molecule has 0 spiro atoms. The largest absolute Gasteiger partial charge is 0.366 e. The molecule has 0 unspecified atom stereocenters. The number of hydrogen-bond donors (Lipinski definition) is 1. The highest BCUT2D eigenvalue weighted by Gasteiger charge is 2.15. The molecule has 0 atom stereocenters. The first-order valence-electron chi connectivity index (χ1n) is 6.51. The second-order valence-electron chi connectivity index (χ2n) is 4.58. The van der Waals surface area contributed by atoms with Crippen molar-refractivity contribution < 1.29 is 4.79 Å². The standard InChI is InChI=1S/C17H13N3O/c18-17(21)15-7-1-6-14(12-4-2-8-19-10-12)16(15)13-5-3-9-20-11-13/h1-11H,(H2,18,21). The number of benzene rings is 1. The lowest BCUT2D eigenvalue weighted by Gasteiger charge is -2.13. The van der Waals surface area contributed by atoms with Crippen molar-refractivity contribution in [1.29, 1.82) is 0 Å². The van der Waals surface area contributed by atoms with Gasteiger partial charge in [-0.05, 0) is 23.8 Å². The van der Waals surface area contributed by atoms with Gasteiger partial charge in [-0.3, -0.25) is 14.8 Å². The van der Waals surface area contributed by atoms with Gasteiger partial charge in [-0.2, -0.15) is 0 Å². The zero-order valence-corrected chi connectivity index (χ0v) is 11.2. The Balaban J connectivity index is 2.31. The monoisotopic (exact) mass is 275 g/mol. The summed E-state index contributed by atoms with van der Waals surface area (Å²) < 4.78 is 0. The van der Waals surface area contributed by atoms with Crippen LogP contribution in [0, 0.1) is 0 Å². The Morgan fingerprint density at radius 2 is 1.52 bits per heavy atom. The van der Waals surface area contributed by atoms with Crippen LogP contribution < -0.4 is 5.73 Å². The minimum Gasteiger partial charge on any atom is -0.366 e. The lowest BCUT2D eigenvalue weighted by Crippen LogP contribution is -2.13. The Morgan fingerprint density at radius 3 is 2.10 bits per heavy atom. The highest BCUT2D eigenvalue weighted by Crippen LogP contribution is 2.34. The van der Waals surface area contributed by atoms with Gasteiger partial charge in [0.2, 0.25) is 5.91 Å². The van der Waals surface area contributed by atoms with Gasteiger partial charge < -0.3 is 5.73 Å². The van der Waals surface area contributed by atoms with Crippen molar-refractivity contribution in [1.82, 2.24) is 9.97 Å². The molecule has 0 aliphatic rings. The van der Waals surface area contributed by atoms with Crippen LogP contribution >= 0.6 is 0 Å². The topological polar surface area (TPSA) is 68.9 Å². The molecule has 0 aliphatic heterocycles. The molecule has 3 rings (SSSR count). The number of nitrogens with zero attached hydrogens (tertiary/aromatic N) is 2. The van der Waals surface area contributed by atoms with Crippen LogP contribution in [0.1, 0.15) is 10.4 Å². The van der Waals surface area contributed by atoms with Crippen LogP contribution in [0.4, 0.5) is 0 Å². The van der Waals surface area contributed by atoms with E-state index in [0.29, 0.717) is 5.56 Å². The minimum absolute atomic E-state index is 0.459. The van der Waals surface area contributed by atoms with Crippen molar-refractivity contribution in [2.75, 3.05) is 0 Å². The normalized spacial score (nSPS) is 10.3. The average Bonchev–Trinajstić information content (AvgIpc) is 2.55. The van der Waals surface area contributed by atoms with Gasteiger partial charge in [0.15, 0.2) is 0 Å². The third kappa shape index (κ3) is 2.51. The number of hydrogen-bond acceptors (Lipinski definition) is 3. The van der Waals surface area contributed by atoms with E-state index in [1.807, 2.05) is 36.4 Å². The van der Waals surface area contributed by atoms with E-state index in [-0.39, 0.29) is 0 Å². The molecule has 2 aromatic heterocycles. The number of aromatic nitrogens is 2. The van der Waals surface area contributed by atoms with Crippen LogP contribution in [-0.4, -0.2) is 15.9 Å². The molecule has 0 bridgehead atoms. The molecule has 4 nitrogen and oxygen atoms in total. The maximum absolute atomic E-state index is 11.8. The molecule has 0 saturated heterocycles. The van der Waals surface area contributed by atoms with Gasteiger partial charge in [-0.15, -0.1) is 0 Å². The number of rotatable bonds is 3. The summed E-state index contributed by atoms with van der Waals surface area (Å²) in [4.78, 5) is 20.0. The van der Waals surface area contributed by atoms with Gasteiger partial charge in [0.05, 0.1) is 0 Å². The molecule has 0 aliphatic carbocycles. The molecule has 102 valence electrons. The average molecular weight is 275 g/mol. The predicted molar refractivity (Wildman–Crippen MR) is 81.4 cm³/mol. The van der Waals surface area contributed by atoms with Crippen LogP contribution in [-0.2, 0) is 0 Å². The van der Waals surface area contributed by atoms with Crippen molar-refractivity contribution in [3.05, 3.63) is 72.8 Å². The Bertz CT molecular complexity index is 771. The molecular formula is C17H13N3O. The fourth-order valence-electron chi connectivity index (χ4n) is 2.34. The lowest BCUT2D eigenvalue weighted by atomic mass is 9.91. The summed E-state index contributed by atoms with van der Waals surface area (Å²) in [6.07, 6.45) is 6.90. The molecule has 0 saturated carbocycles. The molecule has 0 radical (unpaired) electrons. The second kappa shape index (κ2) is 5.54. The van der Waals surface area contributed by atoms with Crippen molar-refractivity contribution in [3.63, 3.8) is 0 Å². The summed E-state index contributed by atoms with van der Waals surface area (Å²) in [6, 6.07) is 13.1. The van der Waals surface area contributed by atoms with Crippen LogP contribution in [0.5, 0.6) is 0 Å². The lowest BCUT2D eigenvalue weighted by molar-refractivity contribution is 0.100. The van der Waals surface area contributed by atoms with Gasteiger partial charge in [-0.25, -0.2) is 0 Å². The molecule has 2 heterocycles. The van der Waals surface area contributed by atoms with E-state index >= 15 is 0 Å². The number of pyridine rings is 2. The zero-order valence-electron chi connectivity index (χ0n) is 11.2. The van der Waals surface area contributed by atoms with Crippen molar-refractivity contribution in [2.24, 2.45) is 5.73 Å². The smallest absolute Gasteiger partial charge is 0.249 e. The van der Waals surface area contributed by atoms with Crippen molar-refractivity contribution in [2.45, 2.75) is 0 Å². The number of carbonyl (C=O) groups excluding carboxylic acids is 1. The van der Waals surface area contributed by atoms with Gasteiger partial charge in [0, 0.05) is 47.0 Å². The summed E-state index contributed by atoms with van der Waals surface area (Å²) in [5, 5.41) is 0. The molecule has 3 aromatic rings. The summed E-state index contributed by atoms with van der Waals surface area (Å²) in [5.41, 5.74) is 9.48. The third-order valence-electron chi connectivity index (χ3n) is 3.25. The highest BCUT2D eigenvalue weighted by atomic mass is 16.1. The summed E-state index contributed by atoms with van der Waals surface area (Å²) in [7, 11) is 0. The van der Waals surface area contributed by atoms with Crippen LogP contribution in [0.2, 0.25) is 0 Å². The number of amides is 1. The summed E-state index contributed by atoms with van der Waals surface area (Å²) in [6.45, 7) is 0. The molecule has 21 heavy (non-hydrogen) atoms. The third-order valence-corrected chi connectivity index (χ3v) is 3.25. The number of nitrogens with two attached hydrogens (primary N) is 1. The number of carbonyl (C=O) groups is 1. The minimum atomic E-state index is -0.459. The van der Waals surface area contributed by atoms with Crippen LogP contribution in [0.25, 0.3) is 22.3 Å². The Hall–Kier alpha value is -3.01. The van der Waals surface area contributed by atoms with Crippen LogP contribution in [0.15, 0.2) is 67.3 Å². The molecule has 1 aromatic carbocycles. The molecular weight excluding hydrogens is 262 g/mol. The van der Waals surface area contributed by atoms with E-state index in [1.54, 1.807) is 30.9 Å². The fourth-order valence-corrected chi connectivity index (χ4v) is 2.34. The SMILES string of the molecule is NC(=O)c1cccc(-c2cccnc2)c1-c1cccnc1. The summed E-state index contributed by atoms with van der Waals surface area (Å²) in [5.74, 6) is -0.459. The molecule has 4 heteroatoms. The van der Waals surface area contributed by atoms with Crippen molar-refractivity contribution in [3.8, 4) is 22.3 Å². The van der Waals surface area contributed by atoms with E-state index in [2.05, 4.69) is 9.97 Å². The molecule has 0 fully saturated rings. The van der Waals surface area contributed by atoms with Gasteiger partial charge in [0.1, 0.15) is 0 Å². The molecule has 2 N–H and O–H groups in total. The maximum atomic E-state index is 11.8. The van der Waals surface area contributed by atoms with E-state index in [0.717, 1.165) is 22.3 Å². The van der Waals surface area contributed by atoms with Crippen LogP contribution in [0.3, 0.4) is 0 Å². The maximum Gasteiger partial charge on any atom is 0.249 e. The Kier molecular flexibility index (Phi) is 3.43. The summed E-state index contributed by atoms with van der Waals surface area (Å²) >= 11 is 0. The Labute approximate surface area is 122 Å². The van der Waals surface area contributed by atoms with E-state index in [4.69, 9.17) is 5.73 Å². The van der Waals surface area contributed by atoms with Crippen molar-refractivity contribution >= 4 is 5.91 Å². The van der Waals surface area contributed by atoms with Gasteiger partial charge in [-0.1, -0.05) is 24.3 Å². The first-order chi connectivity index (χ1) is 10.3. The second-order valence-corrected chi connectivity index (χ2v) is 4.58. The highest BCUT2D eigenvalue weighted by molar-refractivity contribution is 6.03. The predicted octanol–water partition coefficient (Wildman–Crippen LogP) is 2.91.